The Morgan fingerprint density at radius 2 is 2.25 bits per heavy atom. The molecule has 2 rings (SSSR count). The molecule has 1 fully saturated rings. The lowest BCUT2D eigenvalue weighted by molar-refractivity contribution is 0.321. The third kappa shape index (κ3) is 3.42. The van der Waals surface area contributed by atoms with Crippen molar-refractivity contribution in [3.63, 3.8) is 0 Å². The molecule has 16 heavy (non-hydrogen) atoms. The molecule has 0 amide bonds. The van der Waals surface area contributed by atoms with E-state index in [-0.39, 0.29) is 24.3 Å². The zero-order valence-electron chi connectivity index (χ0n) is 8.83. The van der Waals surface area contributed by atoms with Crippen LogP contribution in [-0.4, -0.2) is 24.0 Å². The Balaban J connectivity index is 0.00000128. The summed E-state index contributed by atoms with van der Waals surface area (Å²) < 4.78 is 14.4. The zero-order valence-corrected chi connectivity index (χ0v) is 11.2. The van der Waals surface area contributed by atoms with Gasteiger partial charge in [0.2, 0.25) is 0 Å². The number of nitrogens with two attached hydrogens (primary N) is 1. The molecule has 5 heteroatoms. The smallest absolute Gasteiger partial charge is 0.127 e. The maximum absolute atomic E-state index is 13.4. The standard InChI is InChI=1S/C11H14BrFN2.ClH/c12-9-1-2-11(13)8(5-9)6-15-4-3-10(14)7-15;/h1-2,5,10H,3-4,6-7,14H2;1H. The average Bonchev–Trinajstić information content (AvgIpc) is 2.58. The fourth-order valence-electron chi connectivity index (χ4n) is 1.91. The molecule has 1 aromatic carbocycles. The molecule has 0 aliphatic carbocycles. The first-order valence-corrected chi connectivity index (χ1v) is 5.86. The van der Waals surface area contributed by atoms with Crippen molar-refractivity contribution in [1.82, 2.24) is 4.90 Å². The van der Waals surface area contributed by atoms with Crippen LogP contribution in [0.2, 0.25) is 0 Å². The van der Waals surface area contributed by atoms with E-state index in [1.165, 1.54) is 6.07 Å². The normalized spacial score (nSPS) is 20.8. The summed E-state index contributed by atoms with van der Waals surface area (Å²) >= 11 is 3.35. The van der Waals surface area contributed by atoms with Crippen molar-refractivity contribution in [3.8, 4) is 0 Å². The van der Waals surface area contributed by atoms with Crippen LogP contribution in [0.5, 0.6) is 0 Å². The molecule has 90 valence electrons. The lowest BCUT2D eigenvalue weighted by Crippen LogP contribution is -2.26. The molecule has 1 aromatic rings. The van der Waals surface area contributed by atoms with E-state index in [4.69, 9.17) is 5.73 Å². The van der Waals surface area contributed by atoms with Crippen LogP contribution in [0.25, 0.3) is 0 Å². The van der Waals surface area contributed by atoms with Crippen LogP contribution in [0.4, 0.5) is 4.39 Å². The molecule has 1 unspecified atom stereocenters. The lowest BCUT2D eigenvalue weighted by atomic mass is 10.2. The highest BCUT2D eigenvalue weighted by Gasteiger charge is 2.19. The molecule has 0 radical (unpaired) electrons. The zero-order chi connectivity index (χ0) is 10.8. The van der Waals surface area contributed by atoms with Crippen LogP contribution in [0.15, 0.2) is 22.7 Å². The van der Waals surface area contributed by atoms with E-state index in [1.54, 1.807) is 6.07 Å². The van der Waals surface area contributed by atoms with Crippen molar-refractivity contribution < 1.29 is 4.39 Å². The number of hydrogen-bond acceptors (Lipinski definition) is 2. The predicted octanol–water partition coefficient (Wildman–Crippen LogP) is 2.54. The van der Waals surface area contributed by atoms with Gasteiger partial charge in [-0.25, -0.2) is 4.39 Å². The number of benzene rings is 1. The van der Waals surface area contributed by atoms with E-state index in [1.807, 2.05) is 6.07 Å². The first kappa shape index (κ1) is 13.9. The third-order valence-electron chi connectivity index (χ3n) is 2.71. The van der Waals surface area contributed by atoms with Crippen molar-refractivity contribution in [2.75, 3.05) is 13.1 Å². The van der Waals surface area contributed by atoms with Gasteiger partial charge in [-0.1, -0.05) is 15.9 Å². The molecule has 0 aromatic heterocycles. The summed E-state index contributed by atoms with van der Waals surface area (Å²) in [4.78, 5) is 2.19. The first-order valence-electron chi connectivity index (χ1n) is 5.07. The van der Waals surface area contributed by atoms with Crippen molar-refractivity contribution in [2.24, 2.45) is 5.73 Å². The first-order chi connectivity index (χ1) is 7.15. The number of rotatable bonds is 2. The van der Waals surface area contributed by atoms with Crippen LogP contribution in [0.1, 0.15) is 12.0 Å². The van der Waals surface area contributed by atoms with E-state index in [2.05, 4.69) is 20.8 Å². The highest BCUT2D eigenvalue weighted by molar-refractivity contribution is 9.10. The molecule has 0 bridgehead atoms. The minimum Gasteiger partial charge on any atom is -0.326 e. The number of likely N-dealkylation sites (tertiary alicyclic amines) is 1. The van der Waals surface area contributed by atoms with Crippen LogP contribution >= 0.6 is 28.3 Å². The van der Waals surface area contributed by atoms with E-state index < -0.39 is 0 Å². The minimum absolute atomic E-state index is 0. The van der Waals surface area contributed by atoms with Gasteiger partial charge in [0, 0.05) is 35.7 Å². The van der Waals surface area contributed by atoms with Gasteiger partial charge in [-0.15, -0.1) is 12.4 Å². The molecule has 1 aliphatic heterocycles. The second-order valence-corrected chi connectivity index (χ2v) is 4.94. The highest BCUT2D eigenvalue weighted by Crippen LogP contribution is 2.19. The van der Waals surface area contributed by atoms with Gasteiger partial charge < -0.3 is 5.73 Å². The fourth-order valence-corrected chi connectivity index (χ4v) is 2.32. The number of halogens is 3. The summed E-state index contributed by atoms with van der Waals surface area (Å²) in [7, 11) is 0. The number of nitrogens with zero attached hydrogens (tertiary/aromatic N) is 1. The number of hydrogen-bond donors (Lipinski definition) is 1. The summed E-state index contributed by atoms with van der Waals surface area (Å²) in [6, 6.07) is 5.29. The van der Waals surface area contributed by atoms with E-state index >= 15 is 0 Å². The van der Waals surface area contributed by atoms with E-state index in [9.17, 15) is 4.39 Å². The molecule has 1 atom stereocenters. The molecule has 1 heterocycles. The quantitative estimate of drug-likeness (QED) is 0.910. The summed E-state index contributed by atoms with van der Waals surface area (Å²) in [6.45, 7) is 2.48. The lowest BCUT2D eigenvalue weighted by Gasteiger charge is -2.15. The van der Waals surface area contributed by atoms with Gasteiger partial charge in [0.05, 0.1) is 0 Å². The van der Waals surface area contributed by atoms with Gasteiger partial charge in [0.15, 0.2) is 0 Å². The second kappa shape index (κ2) is 5.96. The Hall–Kier alpha value is -0.160. The van der Waals surface area contributed by atoms with Gasteiger partial charge in [-0.05, 0) is 24.6 Å². The van der Waals surface area contributed by atoms with Gasteiger partial charge in [-0.3, -0.25) is 4.90 Å². The maximum atomic E-state index is 13.4. The monoisotopic (exact) mass is 308 g/mol. The van der Waals surface area contributed by atoms with E-state index in [0.717, 1.165) is 29.5 Å². The van der Waals surface area contributed by atoms with Gasteiger partial charge in [-0.2, -0.15) is 0 Å². The Labute approximate surface area is 110 Å². The minimum atomic E-state index is -0.140. The molecule has 0 spiro atoms. The molecule has 1 aliphatic rings. The van der Waals surface area contributed by atoms with Crippen molar-refractivity contribution in [3.05, 3.63) is 34.1 Å². The summed E-state index contributed by atoms with van der Waals surface area (Å²) in [6.07, 6.45) is 1.01. The van der Waals surface area contributed by atoms with Crippen molar-refractivity contribution in [1.29, 1.82) is 0 Å². The topological polar surface area (TPSA) is 29.3 Å². The Kier molecular flexibility index (Phi) is 5.18. The summed E-state index contributed by atoms with van der Waals surface area (Å²) in [5.41, 5.74) is 6.54. The molecular weight excluding hydrogens is 294 g/mol. The summed E-state index contributed by atoms with van der Waals surface area (Å²) in [5.74, 6) is -0.140. The average molecular weight is 310 g/mol. The Morgan fingerprint density at radius 3 is 2.88 bits per heavy atom. The van der Waals surface area contributed by atoms with Crippen molar-refractivity contribution in [2.45, 2.75) is 19.0 Å². The van der Waals surface area contributed by atoms with Crippen LogP contribution in [-0.2, 0) is 6.54 Å². The second-order valence-electron chi connectivity index (χ2n) is 4.02. The van der Waals surface area contributed by atoms with Crippen molar-refractivity contribution >= 4 is 28.3 Å². The maximum Gasteiger partial charge on any atom is 0.127 e. The van der Waals surface area contributed by atoms with Crippen LogP contribution in [0.3, 0.4) is 0 Å². The highest BCUT2D eigenvalue weighted by atomic mass is 79.9. The Morgan fingerprint density at radius 1 is 1.50 bits per heavy atom. The molecule has 2 N–H and O–H groups in total. The predicted molar refractivity (Wildman–Crippen MR) is 69.2 cm³/mol. The molecular formula is C11H15BrClFN2. The van der Waals surface area contributed by atoms with Gasteiger partial charge in [0.25, 0.3) is 0 Å². The Bertz CT molecular complexity index is 362. The SMILES string of the molecule is Cl.NC1CCN(Cc2cc(Br)ccc2F)C1. The van der Waals surface area contributed by atoms with Crippen LogP contribution < -0.4 is 5.73 Å². The third-order valence-corrected chi connectivity index (χ3v) is 3.20. The largest absolute Gasteiger partial charge is 0.326 e. The molecule has 2 nitrogen and oxygen atoms in total. The van der Waals surface area contributed by atoms with Crippen LogP contribution in [0, 0.1) is 5.82 Å². The van der Waals surface area contributed by atoms with E-state index in [0.29, 0.717) is 6.54 Å². The van der Waals surface area contributed by atoms with Gasteiger partial charge >= 0.3 is 0 Å². The summed E-state index contributed by atoms with van der Waals surface area (Å²) in [5, 5.41) is 0. The molecule has 0 saturated carbocycles. The fraction of sp³-hybridized carbons (Fsp3) is 0.455. The van der Waals surface area contributed by atoms with Gasteiger partial charge in [0.1, 0.15) is 5.82 Å². The molecule has 1 saturated heterocycles.